The summed E-state index contributed by atoms with van der Waals surface area (Å²) in [6.07, 6.45) is -3.44. The maximum absolute atomic E-state index is 11.7. The van der Waals surface area contributed by atoms with Crippen molar-refractivity contribution in [3.05, 3.63) is 47.5 Å². The Kier molecular flexibility index (Phi) is 5.59. The Hall–Kier alpha value is -3.50. The summed E-state index contributed by atoms with van der Waals surface area (Å²) in [7, 11) is 0. The second-order valence-corrected chi connectivity index (χ2v) is 6.51. The molecule has 10 nitrogen and oxygen atoms in total. The number of carboxylic acids is 2. The van der Waals surface area contributed by atoms with Gasteiger partial charge in [-0.25, -0.2) is 9.59 Å². The number of hydrogen-bond donors (Lipinski definition) is 2. The first-order valence-corrected chi connectivity index (χ1v) is 8.97. The smallest absolute Gasteiger partial charge is 0.336 e. The first kappa shape index (κ1) is 19.8. The fourth-order valence-electron chi connectivity index (χ4n) is 3.01. The molecule has 10 heteroatoms. The number of carbonyl (C=O) groups is 2. The van der Waals surface area contributed by atoms with Gasteiger partial charge in [0.2, 0.25) is 13.6 Å². The van der Waals surface area contributed by atoms with E-state index in [2.05, 4.69) is 0 Å². The first-order valence-electron chi connectivity index (χ1n) is 8.97. The highest BCUT2D eigenvalue weighted by atomic mass is 16.7. The van der Waals surface area contributed by atoms with Gasteiger partial charge in [-0.3, -0.25) is 0 Å². The predicted molar refractivity (Wildman–Crippen MR) is 97.6 cm³/mol. The van der Waals surface area contributed by atoms with Crippen molar-refractivity contribution in [3.63, 3.8) is 0 Å². The van der Waals surface area contributed by atoms with Gasteiger partial charge in [-0.1, -0.05) is 12.1 Å². The van der Waals surface area contributed by atoms with Crippen molar-refractivity contribution >= 4 is 11.9 Å². The van der Waals surface area contributed by atoms with Gasteiger partial charge in [0.15, 0.2) is 35.2 Å². The highest BCUT2D eigenvalue weighted by Crippen LogP contribution is 2.34. The molecule has 2 aliphatic heterocycles. The van der Waals surface area contributed by atoms with E-state index in [0.29, 0.717) is 34.1 Å². The second kappa shape index (κ2) is 8.47. The zero-order chi connectivity index (χ0) is 21.1. The minimum Gasteiger partial charge on any atom is -0.479 e. The fourth-order valence-corrected chi connectivity index (χ4v) is 3.01. The van der Waals surface area contributed by atoms with Gasteiger partial charge in [-0.15, -0.1) is 0 Å². The molecule has 0 radical (unpaired) electrons. The second-order valence-electron chi connectivity index (χ2n) is 6.51. The molecule has 30 heavy (non-hydrogen) atoms. The zero-order valence-corrected chi connectivity index (χ0v) is 15.6. The first-order chi connectivity index (χ1) is 14.5. The lowest BCUT2D eigenvalue weighted by atomic mass is 10.1. The van der Waals surface area contributed by atoms with Crippen LogP contribution in [0.4, 0.5) is 0 Å². The van der Waals surface area contributed by atoms with Crippen LogP contribution in [0.25, 0.3) is 0 Å². The third-order valence-electron chi connectivity index (χ3n) is 4.49. The van der Waals surface area contributed by atoms with E-state index in [1.54, 1.807) is 36.4 Å². The van der Waals surface area contributed by atoms with Crippen LogP contribution in [0.5, 0.6) is 23.0 Å². The molecule has 0 aromatic heterocycles. The Morgan fingerprint density at radius 2 is 1.13 bits per heavy atom. The Morgan fingerprint density at radius 3 is 1.53 bits per heavy atom. The molecule has 0 saturated carbocycles. The number of hydrogen-bond acceptors (Lipinski definition) is 8. The zero-order valence-electron chi connectivity index (χ0n) is 15.6. The maximum Gasteiger partial charge on any atom is 0.336 e. The molecule has 158 valence electrons. The standard InChI is InChI=1S/C20H18O10/c21-19(22)17(25-7-11-1-3-13-15(5-11)29-9-27-13)18(20(23)24)26-8-12-2-4-14-16(6-12)30-10-28-14/h1-6,17-18H,7-10H2,(H,21,22)(H,23,24)/t17-,18-/m0/s1. The van der Waals surface area contributed by atoms with Crippen molar-refractivity contribution in [1.82, 2.24) is 0 Å². The van der Waals surface area contributed by atoms with Gasteiger partial charge in [0, 0.05) is 0 Å². The summed E-state index contributed by atoms with van der Waals surface area (Å²) in [5.74, 6) is -0.732. The van der Waals surface area contributed by atoms with Crippen molar-refractivity contribution < 1.29 is 48.2 Å². The van der Waals surface area contributed by atoms with Gasteiger partial charge in [-0.05, 0) is 35.4 Å². The summed E-state index contributed by atoms with van der Waals surface area (Å²) in [5.41, 5.74) is 1.20. The molecule has 2 heterocycles. The minimum atomic E-state index is -1.72. The molecule has 2 atom stereocenters. The van der Waals surface area contributed by atoms with Crippen molar-refractivity contribution in [3.8, 4) is 23.0 Å². The molecule has 2 aromatic rings. The molecular weight excluding hydrogens is 400 g/mol. The molecule has 0 saturated heterocycles. The minimum absolute atomic E-state index is 0.103. The average molecular weight is 418 g/mol. The third-order valence-corrected chi connectivity index (χ3v) is 4.49. The topological polar surface area (TPSA) is 130 Å². The van der Waals surface area contributed by atoms with Gasteiger partial charge < -0.3 is 38.6 Å². The van der Waals surface area contributed by atoms with Crippen molar-refractivity contribution in [2.75, 3.05) is 13.6 Å². The van der Waals surface area contributed by atoms with E-state index in [1.165, 1.54) is 0 Å². The Labute approximate surface area is 170 Å². The molecular formula is C20H18O10. The summed E-state index contributed by atoms with van der Waals surface area (Å²) in [6, 6.07) is 9.98. The van der Waals surface area contributed by atoms with E-state index in [0.717, 1.165) is 0 Å². The number of fused-ring (bicyclic) bond motifs is 2. The number of ether oxygens (including phenoxy) is 6. The van der Waals surface area contributed by atoms with Crippen LogP contribution >= 0.6 is 0 Å². The monoisotopic (exact) mass is 418 g/mol. The average Bonchev–Trinajstić information content (AvgIpc) is 3.37. The fraction of sp³-hybridized carbons (Fsp3) is 0.300. The van der Waals surface area contributed by atoms with Gasteiger partial charge >= 0.3 is 11.9 Å². The molecule has 2 aliphatic rings. The Bertz CT molecular complexity index is 879. The van der Waals surface area contributed by atoms with E-state index >= 15 is 0 Å². The van der Waals surface area contributed by atoms with Gasteiger partial charge in [-0.2, -0.15) is 0 Å². The van der Waals surface area contributed by atoms with Crippen LogP contribution in [0.2, 0.25) is 0 Å². The van der Waals surface area contributed by atoms with Crippen molar-refractivity contribution in [2.24, 2.45) is 0 Å². The van der Waals surface area contributed by atoms with Gasteiger partial charge in [0.25, 0.3) is 0 Å². The van der Waals surface area contributed by atoms with Crippen LogP contribution in [0, 0.1) is 0 Å². The molecule has 2 N–H and O–H groups in total. The van der Waals surface area contributed by atoms with E-state index in [4.69, 9.17) is 28.4 Å². The summed E-state index contributed by atoms with van der Waals surface area (Å²) < 4.78 is 31.7. The molecule has 2 aromatic carbocycles. The quantitative estimate of drug-likeness (QED) is 0.621. The predicted octanol–water partition coefficient (Wildman–Crippen LogP) is 1.78. The van der Waals surface area contributed by atoms with E-state index in [9.17, 15) is 19.8 Å². The molecule has 0 unspecified atom stereocenters. The lowest BCUT2D eigenvalue weighted by molar-refractivity contribution is -0.179. The van der Waals surface area contributed by atoms with Crippen LogP contribution < -0.4 is 18.9 Å². The maximum atomic E-state index is 11.7. The Balaban J connectivity index is 1.42. The van der Waals surface area contributed by atoms with Gasteiger partial charge in [0.05, 0.1) is 13.2 Å². The van der Waals surface area contributed by atoms with Crippen LogP contribution in [0.15, 0.2) is 36.4 Å². The largest absolute Gasteiger partial charge is 0.479 e. The normalized spacial score (nSPS) is 15.6. The summed E-state index contributed by atoms with van der Waals surface area (Å²) >= 11 is 0. The van der Waals surface area contributed by atoms with Crippen molar-refractivity contribution in [2.45, 2.75) is 25.4 Å². The van der Waals surface area contributed by atoms with Crippen LogP contribution in [-0.2, 0) is 32.3 Å². The summed E-state index contributed by atoms with van der Waals surface area (Å²) in [4.78, 5) is 23.3. The molecule has 0 amide bonds. The summed E-state index contributed by atoms with van der Waals surface area (Å²) in [6.45, 7) is -0.0894. The highest BCUT2D eigenvalue weighted by Gasteiger charge is 2.36. The van der Waals surface area contributed by atoms with Crippen LogP contribution in [0.3, 0.4) is 0 Å². The lowest BCUT2D eigenvalue weighted by Gasteiger charge is -2.21. The number of benzene rings is 2. The Morgan fingerprint density at radius 1 is 0.733 bits per heavy atom. The van der Waals surface area contributed by atoms with E-state index < -0.39 is 24.1 Å². The number of aliphatic carboxylic acids is 2. The van der Waals surface area contributed by atoms with E-state index in [1.807, 2.05) is 0 Å². The van der Waals surface area contributed by atoms with Crippen LogP contribution in [0.1, 0.15) is 11.1 Å². The SMILES string of the molecule is O=C(O)[C@@H](OCc1ccc2c(c1)OCO2)[C@H](OCc1ccc2c(c1)OCO2)C(=O)O. The van der Waals surface area contributed by atoms with E-state index in [-0.39, 0.29) is 26.8 Å². The van der Waals surface area contributed by atoms with Gasteiger partial charge in [0.1, 0.15) is 0 Å². The summed E-state index contributed by atoms with van der Waals surface area (Å²) in [5, 5.41) is 19.0. The third kappa shape index (κ3) is 4.24. The number of rotatable bonds is 9. The molecule has 0 fully saturated rings. The highest BCUT2D eigenvalue weighted by molar-refractivity contribution is 5.83. The number of carboxylic acid groups (broad SMARTS) is 2. The molecule has 0 aliphatic carbocycles. The van der Waals surface area contributed by atoms with Crippen LogP contribution in [-0.4, -0.2) is 47.9 Å². The van der Waals surface area contributed by atoms with Crippen molar-refractivity contribution in [1.29, 1.82) is 0 Å². The lowest BCUT2D eigenvalue weighted by Crippen LogP contribution is -2.43. The molecule has 0 spiro atoms. The molecule has 4 rings (SSSR count). The molecule has 0 bridgehead atoms.